The largest absolute Gasteiger partial charge is 0.354 e. The molecule has 0 unspecified atom stereocenters. The molecule has 0 spiro atoms. The Kier molecular flexibility index (Phi) is 5.57. The van der Waals surface area contributed by atoms with Crippen LogP contribution in [0, 0.1) is 11.2 Å². The van der Waals surface area contributed by atoms with Crippen molar-refractivity contribution in [1.29, 1.82) is 5.41 Å². The second kappa shape index (κ2) is 8.62. The van der Waals surface area contributed by atoms with Gasteiger partial charge in [0.05, 0.1) is 5.70 Å². The number of carbonyl (C=O) groups excluding carboxylic acids is 1. The molecule has 1 aliphatic heterocycles. The summed E-state index contributed by atoms with van der Waals surface area (Å²) in [5.41, 5.74) is 1.25. The summed E-state index contributed by atoms with van der Waals surface area (Å²) in [4.78, 5) is 25.8. The van der Waals surface area contributed by atoms with Crippen LogP contribution < -0.4 is 21.0 Å². The number of nitrogens with zero attached hydrogens (tertiary/aromatic N) is 3. The van der Waals surface area contributed by atoms with Crippen molar-refractivity contribution in [2.24, 2.45) is 0 Å². The molecule has 156 valence electrons. The molecule has 1 fully saturated rings. The standard InChI is InChI=1S/C22H19FN6O2/c23-17-14-16(28-13-11-25-22(28)31)6-7-19(17)29-12-9-20(30)21(27-29)18(8-10-24)26-15-4-2-1-3-5-15/h1-10,12,14,24,26H,11,13H2,(H,25,31)/b18-8-,24-10?. The van der Waals surface area contributed by atoms with Gasteiger partial charge in [-0.15, -0.1) is 0 Å². The zero-order chi connectivity index (χ0) is 21.8. The van der Waals surface area contributed by atoms with Crippen LogP contribution in [-0.2, 0) is 0 Å². The highest BCUT2D eigenvalue weighted by atomic mass is 19.1. The van der Waals surface area contributed by atoms with Crippen LogP contribution in [0.25, 0.3) is 11.4 Å². The van der Waals surface area contributed by atoms with Crippen LogP contribution >= 0.6 is 0 Å². The van der Waals surface area contributed by atoms with E-state index in [1.54, 1.807) is 6.07 Å². The quantitative estimate of drug-likeness (QED) is 0.536. The number of benzene rings is 2. The van der Waals surface area contributed by atoms with Crippen molar-refractivity contribution >= 4 is 29.3 Å². The highest BCUT2D eigenvalue weighted by Gasteiger charge is 2.22. The number of amides is 2. The number of para-hydroxylation sites is 1. The number of nitrogens with one attached hydrogen (secondary N) is 3. The molecule has 0 atom stereocenters. The van der Waals surface area contributed by atoms with Gasteiger partial charge in [0, 0.05) is 42.9 Å². The Labute approximate surface area is 177 Å². The third-order valence-electron chi connectivity index (χ3n) is 4.71. The molecule has 1 aliphatic rings. The Morgan fingerprint density at radius 2 is 1.97 bits per heavy atom. The van der Waals surface area contributed by atoms with E-state index < -0.39 is 5.82 Å². The molecule has 2 aromatic carbocycles. The van der Waals surface area contributed by atoms with E-state index in [4.69, 9.17) is 5.41 Å². The molecule has 31 heavy (non-hydrogen) atoms. The van der Waals surface area contributed by atoms with E-state index in [0.29, 0.717) is 30.2 Å². The summed E-state index contributed by atoms with van der Waals surface area (Å²) in [6.07, 6.45) is 3.82. The molecule has 0 aliphatic carbocycles. The number of anilines is 2. The molecule has 2 heterocycles. The summed E-state index contributed by atoms with van der Waals surface area (Å²) < 4.78 is 16.1. The maximum atomic E-state index is 14.9. The van der Waals surface area contributed by atoms with Crippen LogP contribution in [0.2, 0.25) is 0 Å². The fourth-order valence-electron chi connectivity index (χ4n) is 3.24. The van der Waals surface area contributed by atoms with Crippen LogP contribution in [0.15, 0.2) is 71.7 Å². The Bertz CT molecular complexity index is 1220. The fraction of sp³-hybridized carbons (Fsp3) is 0.0909. The maximum absolute atomic E-state index is 14.9. The first-order chi connectivity index (χ1) is 15.1. The number of halogens is 1. The monoisotopic (exact) mass is 418 g/mol. The lowest BCUT2D eigenvalue weighted by molar-refractivity contribution is 0.252. The van der Waals surface area contributed by atoms with Crippen molar-refractivity contribution in [3.05, 3.63) is 88.6 Å². The first-order valence-corrected chi connectivity index (χ1v) is 9.55. The summed E-state index contributed by atoms with van der Waals surface area (Å²) in [5, 5.41) is 17.5. The Morgan fingerprint density at radius 3 is 2.65 bits per heavy atom. The highest BCUT2D eigenvalue weighted by Crippen LogP contribution is 2.22. The lowest BCUT2D eigenvalue weighted by Gasteiger charge is -2.16. The van der Waals surface area contributed by atoms with Gasteiger partial charge in [0.1, 0.15) is 5.69 Å². The zero-order valence-electron chi connectivity index (χ0n) is 16.4. The minimum absolute atomic E-state index is 0.0391. The average molecular weight is 418 g/mol. The van der Waals surface area contributed by atoms with Crippen molar-refractivity contribution in [3.63, 3.8) is 0 Å². The Hall–Kier alpha value is -4.27. The second-order valence-corrected chi connectivity index (χ2v) is 6.73. The zero-order valence-corrected chi connectivity index (χ0v) is 16.4. The lowest BCUT2D eigenvalue weighted by Crippen LogP contribution is -2.27. The summed E-state index contributed by atoms with van der Waals surface area (Å²) in [6.45, 7) is 0.963. The van der Waals surface area contributed by atoms with Gasteiger partial charge in [-0.1, -0.05) is 18.2 Å². The molecule has 2 amide bonds. The molecule has 1 saturated heterocycles. The Morgan fingerprint density at radius 1 is 1.16 bits per heavy atom. The van der Waals surface area contributed by atoms with Gasteiger partial charge in [-0.05, 0) is 36.4 Å². The van der Waals surface area contributed by atoms with Crippen LogP contribution in [0.5, 0.6) is 0 Å². The number of urea groups is 1. The van der Waals surface area contributed by atoms with E-state index in [2.05, 4.69) is 15.7 Å². The first-order valence-electron chi connectivity index (χ1n) is 9.55. The molecule has 3 N–H and O–H groups in total. The molecular weight excluding hydrogens is 399 g/mol. The van der Waals surface area contributed by atoms with Crippen LogP contribution in [0.3, 0.4) is 0 Å². The number of hydrogen-bond acceptors (Lipinski definition) is 5. The molecule has 0 saturated carbocycles. The number of carbonyl (C=O) groups is 1. The Balaban J connectivity index is 1.70. The summed E-state index contributed by atoms with van der Waals surface area (Å²) in [6, 6.07) is 14.5. The van der Waals surface area contributed by atoms with E-state index in [0.717, 1.165) is 6.21 Å². The van der Waals surface area contributed by atoms with E-state index in [-0.39, 0.29) is 22.8 Å². The normalized spacial score (nSPS) is 13.8. The lowest BCUT2D eigenvalue weighted by atomic mass is 10.2. The van der Waals surface area contributed by atoms with Gasteiger partial charge in [0.2, 0.25) is 5.43 Å². The molecule has 8 nitrogen and oxygen atoms in total. The first kappa shape index (κ1) is 20.0. The number of allylic oxidation sites excluding steroid dienone is 1. The van der Waals surface area contributed by atoms with Crippen LogP contribution in [0.4, 0.5) is 20.6 Å². The van der Waals surface area contributed by atoms with Crippen molar-refractivity contribution in [3.8, 4) is 5.69 Å². The van der Waals surface area contributed by atoms with Gasteiger partial charge in [-0.2, -0.15) is 5.10 Å². The third kappa shape index (κ3) is 4.20. The van der Waals surface area contributed by atoms with E-state index in [1.807, 2.05) is 30.3 Å². The minimum atomic E-state index is -0.590. The molecule has 0 bridgehead atoms. The van der Waals surface area contributed by atoms with Gasteiger partial charge in [0.25, 0.3) is 0 Å². The van der Waals surface area contributed by atoms with Gasteiger partial charge in [0.15, 0.2) is 11.5 Å². The smallest absolute Gasteiger partial charge is 0.321 e. The van der Waals surface area contributed by atoms with Crippen LogP contribution in [-0.4, -0.2) is 35.1 Å². The van der Waals surface area contributed by atoms with E-state index >= 15 is 0 Å². The van der Waals surface area contributed by atoms with E-state index in [1.165, 1.54) is 40.1 Å². The highest BCUT2D eigenvalue weighted by molar-refractivity contribution is 5.94. The second-order valence-electron chi connectivity index (χ2n) is 6.73. The number of rotatable bonds is 6. The predicted molar refractivity (Wildman–Crippen MR) is 117 cm³/mol. The van der Waals surface area contributed by atoms with Gasteiger partial charge >= 0.3 is 6.03 Å². The maximum Gasteiger partial charge on any atom is 0.321 e. The third-order valence-corrected chi connectivity index (χ3v) is 4.71. The average Bonchev–Trinajstić information content (AvgIpc) is 3.20. The van der Waals surface area contributed by atoms with Crippen molar-refractivity contribution in [2.45, 2.75) is 0 Å². The van der Waals surface area contributed by atoms with Crippen molar-refractivity contribution in [1.82, 2.24) is 15.1 Å². The van der Waals surface area contributed by atoms with Crippen molar-refractivity contribution in [2.75, 3.05) is 23.3 Å². The number of aromatic nitrogens is 2. The molecular formula is C22H19FN6O2. The molecule has 4 rings (SSSR count). The summed E-state index contributed by atoms with van der Waals surface area (Å²) in [7, 11) is 0. The predicted octanol–water partition coefficient (Wildman–Crippen LogP) is 3.00. The molecule has 0 radical (unpaired) electrons. The van der Waals surface area contributed by atoms with Gasteiger partial charge in [-0.25, -0.2) is 13.9 Å². The van der Waals surface area contributed by atoms with Crippen molar-refractivity contribution < 1.29 is 9.18 Å². The van der Waals surface area contributed by atoms with E-state index in [9.17, 15) is 14.0 Å². The molecule has 3 aromatic rings. The SMILES string of the molecule is N=C/C=C(\Nc1ccccc1)c1nn(-c2ccc(N3CCNC3=O)cc2F)ccc1=O. The molecule has 1 aromatic heterocycles. The van der Waals surface area contributed by atoms with Gasteiger partial charge in [-0.3, -0.25) is 9.69 Å². The fourth-order valence-corrected chi connectivity index (χ4v) is 3.24. The topological polar surface area (TPSA) is 103 Å². The minimum Gasteiger partial charge on any atom is -0.354 e. The van der Waals surface area contributed by atoms with Gasteiger partial charge < -0.3 is 16.0 Å². The number of hydrogen-bond donors (Lipinski definition) is 3. The van der Waals surface area contributed by atoms with Crippen LogP contribution in [0.1, 0.15) is 5.69 Å². The summed E-state index contributed by atoms with van der Waals surface area (Å²) >= 11 is 0. The molecule has 9 heteroatoms. The summed E-state index contributed by atoms with van der Waals surface area (Å²) in [5.74, 6) is -0.590.